The Bertz CT molecular complexity index is 790. The van der Waals surface area contributed by atoms with Crippen LogP contribution in [0.2, 0.25) is 0 Å². The highest BCUT2D eigenvalue weighted by Crippen LogP contribution is 2.21. The molecule has 2 aromatic heterocycles. The van der Waals surface area contributed by atoms with E-state index in [1.165, 1.54) is 36.1 Å². The number of anilines is 2. The first-order chi connectivity index (χ1) is 14.2. The third-order valence-corrected chi connectivity index (χ3v) is 7.14. The van der Waals surface area contributed by atoms with Gasteiger partial charge in [0.05, 0.1) is 0 Å². The highest BCUT2D eigenvalue weighted by molar-refractivity contribution is 7.10. The predicted octanol–water partition coefficient (Wildman–Crippen LogP) is 3.51. The second kappa shape index (κ2) is 9.57. The molecule has 4 rings (SSSR count). The number of carbonyl (C=O) groups excluding carboxylic acids is 1. The van der Waals surface area contributed by atoms with Crippen LogP contribution in [-0.4, -0.2) is 60.3 Å². The van der Waals surface area contributed by atoms with Gasteiger partial charge in [-0.05, 0) is 55.3 Å². The number of hydrogen-bond donors (Lipinski definition) is 0. The van der Waals surface area contributed by atoms with Gasteiger partial charge in [0.25, 0.3) is 0 Å². The molecule has 0 unspecified atom stereocenters. The normalized spacial score (nSPS) is 18.0. The number of thiophene rings is 1. The SMILES string of the molecule is Cc1ccsc1CCC(=O)N1CCN(c2ccc(N3CCCCCC3)nn2)CC1. The number of amides is 1. The first-order valence-corrected chi connectivity index (χ1v) is 11.7. The van der Waals surface area contributed by atoms with E-state index in [2.05, 4.69) is 50.5 Å². The number of piperazine rings is 1. The first kappa shape index (κ1) is 20.1. The summed E-state index contributed by atoms with van der Waals surface area (Å²) in [6, 6.07) is 6.32. The summed E-state index contributed by atoms with van der Waals surface area (Å²) in [5.74, 6) is 2.18. The van der Waals surface area contributed by atoms with Gasteiger partial charge in [-0.15, -0.1) is 21.5 Å². The van der Waals surface area contributed by atoms with Gasteiger partial charge in [0.2, 0.25) is 5.91 Å². The van der Waals surface area contributed by atoms with Crippen molar-refractivity contribution in [2.24, 2.45) is 0 Å². The lowest BCUT2D eigenvalue weighted by atomic mass is 10.2. The van der Waals surface area contributed by atoms with E-state index in [0.717, 1.165) is 57.3 Å². The molecule has 2 aliphatic heterocycles. The van der Waals surface area contributed by atoms with Crippen LogP contribution in [0.1, 0.15) is 42.5 Å². The lowest BCUT2D eigenvalue weighted by Gasteiger charge is -2.35. The van der Waals surface area contributed by atoms with Gasteiger partial charge < -0.3 is 14.7 Å². The van der Waals surface area contributed by atoms with Gasteiger partial charge in [-0.3, -0.25) is 4.79 Å². The van der Waals surface area contributed by atoms with Crippen LogP contribution in [0.25, 0.3) is 0 Å². The summed E-state index contributed by atoms with van der Waals surface area (Å²) in [5, 5.41) is 11.1. The van der Waals surface area contributed by atoms with Gasteiger partial charge in [-0.2, -0.15) is 0 Å². The topological polar surface area (TPSA) is 52.6 Å². The summed E-state index contributed by atoms with van der Waals surface area (Å²) in [4.78, 5) is 20.5. The fourth-order valence-corrected chi connectivity index (χ4v) is 5.09. The van der Waals surface area contributed by atoms with Gasteiger partial charge in [0.15, 0.2) is 11.6 Å². The predicted molar refractivity (Wildman–Crippen MR) is 119 cm³/mol. The second-order valence-electron chi connectivity index (χ2n) is 8.05. The molecule has 2 saturated heterocycles. The first-order valence-electron chi connectivity index (χ1n) is 10.8. The molecule has 0 N–H and O–H groups in total. The summed E-state index contributed by atoms with van der Waals surface area (Å²) < 4.78 is 0. The van der Waals surface area contributed by atoms with Crippen molar-refractivity contribution >= 4 is 28.9 Å². The molecule has 2 fully saturated rings. The molecular formula is C22H31N5OS. The monoisotopic (exact) mass is 413 g/mol. The number of rotatable bonds is 5. The fraction of sp³-hybridized carbons (Fsp3) is 0.591. The van der Waals surface area contributed by atoms with E-state index in [-0.39, 0.29) is 5.91 Å². The van der Waals surface area contributed by atoms with E-state index < -0.39 is 0 Å². The van der Waals surface area contributed by atoms with E-state index in [1.54, 1.807) is 11.3 Å². The Hall–Kier alpha value is -2.15. The maximum atomic E-state index is 12.6. The van der Waals surface area contributed by atoms with Crippen molar-refractivity contribution in [2.45, 2.75) is 45.4 Å². The number of carbonyl (C=O) groups is 1. The molecule has 156 valence electrons. The van der Waals surface area contributed by atoms with Crippen molar-refractivity contribution < 1.29 is 4.79 Å². The Balaban J connectivity index is 1.26. The Morgan fingerprint density at radius 3 is 2.07 bits per heavy atom. The average Bonchev–Trinajstić information content (AvgIpc) is 3.00. The smallest absolute Gasteiger partial charge is 0.223 e. The van der Waals surface area contributed by atoms with E-state index >= 15 is 0 Å². The zero-order chi connectivity index (χ0) is 20.1. The van der Waals surface area contributed by atoms with Crippen LogP contribution in [0.15, 0.2) is 23.6 Å². The lowest BCUT2D eigenvalue weighted by Crippen LogP contribution is -2.49. The molecule has 0 aromatic carbocycles. The Morgan fingerprint density at radius 1 is 0.897 bits per heavy atom. The molecule has 1 amide bonds. The van der Waals surface area contributed by atoms with Crippen molar-refractivity contribution in [1.82, 2.24) is 15.1 Å². The third-order valence-electron chi connectivity index (χ3n) is 6.06. The molecule has 0 spiro atoms. The second-order valence-corrected chi connectivity index (χ2v) is 9.05. The van der Waals surface area contributed by atoms with E-state index in [9.17, 15) is 4.79 Å². The van der Waals surface area contributed by atoms with E-state index in [0.29, 0.717) is 6.42 Å². The van der Waals surface area contributed by atoms with Crippen molar-refractivity contribution in [3.05, 3.63) is 34.0 Å². The molecule has 4 heterocycles. The molecule has 7 heteroatoms. The Labute approximate surface area is 177 Å². The van der Waals surface area contributed by atoms with Crippen LogP contribution < -0.4 is 9.80 Å². The van der Waals surface area contributed by atoms with Crippen molar-refractivity contribution in [2.75, 3.05) is 49.1 Å². The minimum absolute atomic E-state index is 0.264. The standard InChI is InChI=1S/C22H31N5OS/c1-18-10-17-29-19(18)6-9-22(28)27-15-13-26(14-16-27)21-8-7-20(23-24-21)25-11-4-2-3-5-12-25/h7-8,10,17H,2-6,9,11-16H2,1H3. The van der Waals surface area contributed by atoms with Gasteiger partial charge in [0, 0.05) is 50.6 Å². The van der Waals surface area contributed by atoms with E-state index in [1.807, 2.05) is 4.90 Å². The van der Waals surface area contributed by atoms with Crippen molar-refractivity contribution in [1.29, 1.82) is 0 Å². The zero-order valence-electron chi connectivity index (χ0n) is 17.3. The Kier molecular flexibility index (Phi) is 6.64. The molecule has 6 nitrogen and oxygen atoms in total. The maximum absolute atomic E-state index is 12.6. The minimum atomic E-state index is 0.264. The van der Waals surface area contributed by atoms with Gasteiger partial charge in [-0.1, -0.05) is 12.8 Å². The number of hydrogen-bond acceptors (Lipinski definition) is 6. The van der Waals surface area contributed by atoms with Crippen LogP contribution >= 0.6 is 11.3 Å². The summed E-state index contributed by atoms with van der Waals surface area (Å²) in [6.45, 7) is 7.45. The van der Waals surface area contributed by atoms with Gasteiger partial charge >= 0.3 is 0 Å². The lowest BCUT2D eigenvalue weighted by molar-refractivity contribution is -0.131. The highest BCUT2D eigenvalue weighted by Gasteiger charge is 2.22. The number of aryl methyl sites for hydroxylation is 2. The summed E-state index contributed by atoms with van der Waals surface area (Å²) in [7, 11) is 0. The third kappa shape index (κ3) is 5.07. The molecule has 0 atom stereocenters. The van der Waals surface area contributed by atoms with Crippen LogP contribution in [0, 0.1) is 6.92 Å². The van der Waals surface area contributed by atoms with Crippen LogP contribution in [-0.2, 0) is 11.2 Å². The largest absolute Gasteiger partial charge is 0.355 e. The molecule has 0 bridgehead atoms. The zero-order valence-corrected chi connectivity index (χ0v) is 18.2. The number of nitrogens with zero attached hydrogens (tertiary/aromatic N) is 5. The number of aromatic nitrogens is 2. The average molecular weight is 414 g/mol. The molecule has 2 aromatic rings. The maximum Gasteiger partial charge on any atom is 0.223 e. The van der Waals surface area contributed by atoms with E-state index in [4.69, 9.17) is 0 Å². The summed E-state index contributed by atoms with van der Waals surface area (Å²) in [5.41, 5.74) is 1.30. The van der Waals surface area contributed by atoms with Gasteiger partial charge in [-0.25, -0.2) is 0 Å². The molecule has 29 heavy (non-hydrogen) atoms. The summed E-state index contributed by atoms with van der Waals surface area (Å²) >= 11 is 1.75. The molecular weight excluding hydrogens is 382 g/mol. The molecule has 0 aliphatic carbocycles. The van der Waals surface area contributed by atoms with Gasteiger partial charge in [0.1, 0.15) is 0 Å². The molecule has 2 aliphatic rings. The van der Waals surface area contributed by atoms with Crippen molar-refractivity contribution in [3.63, 3.8) is 0 Å². The minimum Gasteiger partial charge on any atom is -0.355 e. The molecule has 0 radical (unpaired) electrons. The van der Waals surface area contributed by atoms with Crippen LogP contribution in [0.5, 0.6) is 0 Å². The van der Waals surface area contributed by atoms with Crippen molar-refractivity contribution in [3.8, 4) is 0 Å². The van der Waals surface area contributed by atoms with Crippen LogP contribution in [0.3, 0.4) is 0 Å². The van der Waals surface area contributed by atoms with Crippen LogP contribution in [0.4, 0.5) is 11.6 Å². The highest BCUT2D eigenvalue weighted by atomic mass is 32.1. The fourth-order valence-electron chi connectivity index (χ4n) is 4.18. The Morgan fingerprint density at radius 2 is 1.52 bits per heavy atom. The molecule has 0 saturated carbocycles. The quantitative estimate of drug-likeness (QED) is 0.751. The summed E-state index contributed by atoms with van der Waals surface area (Å²) in [6.07, 6.45) is 6.57.